The third-order valence-corrected chi connectivity index (χ3v) is 9.65. The SMILES string of the molecule is COC(=O)C1(OC)C[C@H](OC(C)=O)[C@@H](NC(=O)Cn2cc(C3CCCCC3)nn2)[C@H]([C@H](OC(C)=O)[C@@H](CNC(=O)c2cc(C)c(OC(C)=O)c(C)c2)OC(C)=O)O1. The Morgan fingerprint density at radius 1 is 0.912 bits per heavy atom. The minimum absolute atomic E-state index is 0.157. The molecule has 2 N–H and O–H groups in total. The molecule has 1 aliphatic heterocycles. The summed E-state index contributed by atoms with van der Waals surface area (Å²) < 4.78 is 40.4. The molecule has 57 heavy (non-hydrogen) atoms. The predicted octanol–water partition coefficient (Wildman–Crippen LogP) is 1.88. The summed E-state index contributed by atoms with van der Waals surface area (Å²) in [4.78, 5) is 90.0. The van der Waals surface area contributed by atoms with E-state index in [1.807, 2.05) is 0 Å². The third kappa shape index (κ3) is 11.6. The van der Waals surface area contributed by atoms with Gasteiger partial charge in [-0.2, -0.15) is 0 Å². The molecular formula is C38H51N5O14. The largest absolute Gasteiger partial charge is 0.465 e. The Morgan fingerprint density at radius 3 is 2.12 bits per heavy atom. The van der Waals surface area contributed by atoms with E-state index >= 15 is 0 Å². The lowest BCUT2D eigenvalue weighted by Gasteiger charge is -2.48. The number of esters is 5. The van der Waals surface area contributed by atoms with Crippen LogP contribution >= 0.6 is 0 Å². The van der Waals surface area contributed by atoms with E-state index in [1.165, 1.54) is 23.7 Å². The lowest BCUT2D eigenvalue weighted by molar-refractivity contribution is -0.306. The first-order chi connectivity index (χ1) is 27.0. The Labute approximate surface area is 329 Å². The van der Waals surface area contributed by atoms with E-state index in [0.717, 1.165) is 72.8 Å². The van der Waals surface area contributed by atoms with Crippen molar-refractivity contribution >= 4 is 41.7 Å². The maximum atomic E-state index is 13.8. The molecule has 1 saturated carbocycles. The van der Waals surface area contributed by atoms with E-state index in [1.54, 1.807) is 20.0 Å². The van der Waals surface area contributed by atoms with Crippen molar-refractivity contribution in [3.8, 4) is 5.75 Å². The second kappa shape index (κ2) is 19.6. The van der Waals surface area contributed by atoms with Crippen LogP contribution in [0.15, 0.2) is 18.3 Å². The van der Waals surface area contributed by atoms with E-state index in [0.29, 0.717) is 11.1 Å². The van der Waals surface area contributed by atoms with Crippen LogP contribution in [-0.2, 0) is 63.7 Å². The van der Waals surface area contributed by atoms with Gasteiger partial charge in [-0.3, -0.25) is 28.8 Å². The molecule has 2 amide bonds. The number of amides is 2. The molecule has 0 spiro atoms. The summed E-state index contributed by atoms with van der Waals surface area (Å²) in [7, 11) is 2.20. The van der Waals surface area contributed by atoms with Crippen molar-refractivity contribution in [2.45, 2.75) is 129 Å². The number of carbonyl (C=O) groups excluding carboxylic acids is 7. The zero-order chi connectivity index (χ0) is 42.0. The molecule has 2 heterocycles. The van der Waals surface area contributed by atoms with Gasteiger partial charge in [0.15, 0.2) is 12.2 Å². The van der Waals surface area contributed by atoms with Gasteiger partial charge in [0, 0.05) is 52.5 Å². The summed E-state index contributed by atoms with van der Waals surface area (Å²) in [6.07, 6.45) is 0.103. The van der Waals surface area contributed by atoms with Crippen LogP contribution < -0.4 is 15.4 Å². The first-order valence-corrected chi connectivity index (χ1v) is 18.6. The van der Waals surface area contributed by atoms with Crippen LogP contribution in [0.5, 0.6) is 5.75 Å². The molecular weight excluding hydrogens is 750 g/mol. The highest BCUT2D eigenvalue weighted by atomic mass is 16.7. The Hall–Kier alpha value is -5.43. The van der Waals surface area contributed by atoms with Gasteiger partial charge in [0.25, 0.3) is 11.7 Å². The fraction of sp³-hybridized carbons (Fsp3) is 0.605. The summed E-state index contributed by atoms with van der Waals surface area (Å²) in [6.45, 7) is 6.97. The van der Waals surface area contributed by atoms with Gasteiger partial charge >= 0.3 is 29.8 Å². The topological polar surface area (TPSA) is 239 Å². The molecule has 1 unspecified atom stereocenters. The van der Waals surface area contributed by atoms with Gasteiger partial charge in [0.1, 0.15) is 24.5 Å². The summed E-state index contributed by atoms with van der Waals surface area (Å²) >= 11 is 0. The molecule has 19 heteroatoms. The molecule has 1 aromatic carbocycles. The van der Waals surface area contributed by atoms with Gasteiger partial charge in [0.2, 0.25) is 5.91 Å². The molecule has 312 valence electrons. The van der Waals surface area contributed by atoms with Crippen LogP contribution in [0.3, 0.4) is 0 Å². The van der Waals surface area contributed by atoms with Crippen LogP contribution in [0.25, 0.3) is 0 Å². The van der Waals surface area contributed by atoms with Crippen molar-refractivity contribution in [1.82, 2.24) is 25.6 Å². The summed E-state index contributed by atoms with van der Waals surface area (Å²) in [5, 5.41) is 13.8. The monoisotopic (exact) mass is 801 g/mol. The fourth-order valence-electron chi connectivity index (χ4n) is 7.24. The number of nitrogens with one attached hydrogen (secondary N) is 2. The number of nitrogens with zero attached hydrogens (tertiary/aromatic N) is 3. The zero-order valence-electron chi connectivity index (χ0n) is 33.4. The van der Waals surface area contributed by atoms with Crippen LogP contribution in [0, 0.1) is 13.8 Å². The second-order valence-corrected chi connectivity index (χ2v) is 14.1. The highest BCUT2D eigenvalue weighted by molar-refractivity contribution is 5.95. The third-order valence-electron chi connectivity index (χ3n) is 9.65. The average molecular weight is 802 g/mol. The number of methoxy groups -OCH3 is 2. The Bertz CT molecular complexity index is 1800. The van der Waals surface area contributed by atoms with Gasteiger partial charge < -0.3 is 43.8 Å². The predicted molar refractivity (Wildman–Crippen MR) is 195 cm³/mol. The molecule has 0 bridgehead atoms. The maximum Gasteiger partial charge on any atom is 0.366 e. The first kappa shape index (κ1) is 44.3. The molecule has 1 saturated heterocycles. The van der Waals surface area contributed by atoms with E-state index in [4.69, 9.17) is 33.2 Å². The van der Waals surface area contributed by atoms with E-state index in [-0.39, 0.29) is 23.8 Å². The number of ether oxygens (including phenoxy) is 7. The lowest BCUT2D eigenvalue weighted by atomic mass is 9.87. The molecule has 6 atom stereocenters. The van der Waals surface area contributed by atoms with E-state index in [9.17, 15) is 33.6 Å². The van der Waals surface area contributed by atoms with Crippen molar-refractivity contribution < 1.29 is 66.7 Å². The van der Waals surface area contributed by atoms with Crippen molar-refractivity contribution in [1.29, 1.82) is 0 Å². The lowest BCUT2D eigenvalue weighted by Crippen LogP contribution is -2.69. The van der Waals surface area contributed by atoms with Crippen LogP contribution in [0.2, 0.25) is 0 Å². The van der Waals surface area contributed by atoms with Crippen molar-refractivity contribution in [3.63, 3.8) is 0 Å². The Kier molecular flexibility index (Phi) is 15.2. The van der Waals surface area contributed by atoms with Gasteiger partial charge in [-0.1, -0.05) is 24.5 Å². The number of benzene rings is 1. The average Bonchev–Trinajstić information content (AvgIpc) is 3.62. The Balaban J connectivity index is 1.72. The second-order valence-electron chi connectivity index (χ2n) is 14.1. The molecule has 19 nitrogen and oxygen atoms in total. The normalized spacial score (nSPS) is 21.9. The Morgan fingerprint density at radius 2 is 1.56 bits per heavy atom. The van der Waals surface area contributed by atoms with Gasteiger partial charge in [-0.25, -0.2) is 9.48 Å². The molecule has 2 aliphatic rings. The maximum absolute atomic E-state index is 13.8. The minimum Gasteiger partial charge on any atom is -0.465 e. The molecule has 1 aliphatic carbocycles. The molecule has 2 aromatic rings. The quantitative estimate of drug-likeness (QED) is 0.149. The van der Waals surface area contributed by atoms with Crippen LogP contribution in [0.1, 0.15) is 99.3 Å². The minimum atomic E-state index is -2.29. The van der Waals surface area contributed by atoms with Gasteiger partial charge in [-0.15, -0.1) is 5.10 Å². The zero-order valence-corrected chi connectivity index (χ0v) is 33.4. The molecule has 0 radical (unpaired) electrons. The molecule has 4 rings (SSSR count). The highest BCUT2D eigenvalue weighted by Crippen LogP contribution is 2.37. The first-order valence-electron chi connectivity index (χ1n) is 18.6. The number of carbonyl (C=O) groups is 7. The van der Waals surface area contributed by atoms with Crippen molar-refractivity contribution in [2.75, 3.05) is 20.8 Å². The molecule has 2 fully saturated rings. The summed E-state index contributed by atoms with van der Waals surface area (Å²) in [6, 6.07) is 1.58. The van der Waals surface area contributed by atoms with Gasteiger partial charge in [0.05, 0.1) is 31.8 Å². The number of hydrogen-bond acceptors (Lipinski definition) is 16. The van der Waals surface area contributed by atoms with E-state index < -0.39 is 90.9 Å². The standard InChI is InChI=1S/C38H51N5O14/c1-20-14-27(15-21(2)33(20)55-24(5)46)36(49)39-17-30(54-23(4)45)34(56-25(6)47)35-32(29(53-22(3)44)16-38(52-8,57-35)37(50)51-7)40-31(48)19-43-18-28(41-42-43)26-12-10-9-11-13-26/h14-15,18,26,29-30,32,34-35H,9-13,16-17,19H2,1-8H3,(H,39,49)(H,40,48)/t29-,30+,32+,34+,35+,38?/m0/s1. The number of rotatable bonds is 15. The van der Waals surface area contributed by atoms with E-state index in [2.05, 4.69) is 20.9 Å². The van der Waals surface area contributed by atoms with Crippen molar-refractivity contribution in [2.24, 2.45) is 0 Å². The number of hydrogen-bond donors (Lipinski definition) is 2. The smallest absolute Gasteiger partial charge is 0.366 e. The fourth-order valence-corrected chi connectivity index (χ4v) is 7.24. The van der Waals surface area contributed by atoms with Crippen LogP contribution in [-0.4, -0.2) is 114 Å². The molecule has 1 aromatic heterocycles. The summed E-state index contributed by atoms with van der Waals surface area (Å²) in [5.41, 5.74) is 1.90. The van der Waals surface area contributed by atoms with Gasteiger partial charge in [-0.05, 0) is 49.9 Å². The number of aromatic nitrogens is 3. The van der Waals surface area contributed by atoms with Crippen molar-refractivity contribution in [3.05, 3.63) is 40.7 Å². The number of aryl methyl sites for hydroxylation is 2. The van der Waals surface area contributed by atoms with Crippen LogP contribution in [0.4, 0.5) is 0 Å². The summed E-state index contributed by atoms with van der Waals surface area (Å²) in [5.74, 6) is -7.25. The highest BCUT2D eigenvalue weighted by Gasteiger charge is 2.59.